The first-order valence-corrected chi connectivity index (χ1v) is 3.17. The van der Waals surface area contributed by atoms with Gasteiger partial charge in [0.25, 0.3) is 0 Å². The number of hydrogen-bond donors (Lipinski definition) is 3. The number of nitrogens with one attached hydrogen (secondary N) is 2. The van der Waals surface area contributed by atoms with Gasteiger partial charge in [-0.1, -0.05) is 0 Å². The fourth-order valence-electron chi connectivity index (χ4n) is 0.688. The van der Waals surface area contributed by atoms with Crippen LogP contribution < -0.4 is 16.3 Å². The molecule has 5 nitrogen and oxygen atoms in total. The van der Waals surface area contributed by atoms with Crippen molar-refractivity contribution < 1.29 is 5.06 Å². The van der Waals surface area contributed by atoms with Crippen molar-refractivity contribution in [1.82, 2.24) is 4.98 Å². The van der Waals surface area contributed by atoms with Gasteiger partial charge in [0.1, 0.15) is 0 Å². The second-order valence-electron chi connectivity index (χ2n) is 2.13. The summed E-state index contributed by atoms with van der Waals surface area (Å²) in [6.45, 7) is 0. The lowest BCUT2D eigenvalue weighted by Gasteiger charge is -2.13. The van der Waals surface area contributed by atoms with E-state index < -0.39 is 0 Å². The molecule has 1 heterocycles. The molecule has 4 N–H and O–H groups in total. The Kier molecular flexibility index (Phi) is 2.37. The van der Waals surface area contributed by atoms with E-state index in [4.69, 9.17) is 5.84 Å². The Labute approximate surface area is 64.4 Å². The van der Waals surface area contributed by atoms with Crippen molar-refractivity contribution >= 4 is 11.5 Å². The Balaban J connectivity index is 2.83. The second kappa shape index (κ2) is 3.29. The molecule has 60 valence electrons. The number of anilines is 1. The highest BCUT2D eigenvalue weighted by Gasteiger charge is 1.96. The number of nitrogens with zero attached hydrogens (tertiary/aromatic N) is 1. The summed E-state index contributed by atoms with van der Waals surface area (Å²) in [5.41, 5.74) is 3.11. The van der Waals surface area contributed by atoms with Gasteiger partial charge in [0, 0.05) is 6.07 Å². The molecule has 0 aromatic carbocycles. The maximum atomic E-state index is 10.7. The predicted octanol–water partition coefficient (Wildman–Crippen LogP) is -0.989. The van der Waals surface area contributed by atoms with Crippen molar-refractivity contribution in [3.05, 3.63) is 23.5 Å². The molecule has 1 aromatic heterocycles. The molecule has 5 heteroatoms. The van der Waals surface area contributed by atoms with Crippen LogP contribution in [0.25, 0.3) is 0 Å². The lowest BCUT2D eigenvalue weighted by atomic mass is 10.4. The minimum Gasteiger partial charge on any atom is -0.628 e. The van der Waals surface area contributed by atoms with E-state index in [0.717, 1.165) is 0 Å². The van der Waals surface area contributed by atoms with Crippen LogP contribution in [0.3, 0.4) is 0 Å². The van der Waals surface area contributed by atoms with E-state index in [2.05, 4.69) is 10.4 Å². The third kappa shape index (κ3) is 1.87. The maximum Gasteiger partial charge on any atom is 0.225 e. The van der Waals surface area contributed by atoms with Crippen LogP contribution in [0.2, 0.25) is 0 Å². The number of rotatable bonds is 2. The summed E-state index contributed by atoms with van der Waals surface area (Å²) < 4.78 is 0. The third-order valence-electron chi connectivity index (χ3n) is 1.29. The lowest BCUT2D eigenvalue weighted by molar-refractivity contribution is -0.754. The van der Waals surface area contributed by atoms with Crippen LogP contribution in [0.15, 0.2) is 18.3 Å². The van der Waals surface area contributed by atoms with E-state index >= 15 is 0 Å². The van der Waals surface area contributed by atoms with Crippen LogP contribution in [0.1, 0.15) is 0 Å². The van der Waals surface area contributed by atoms with Gasteiger partial charge in [0.2, 0.25) is 5.82 Å². The Morgan fingerprint density at radius 3 is 2.73 bits per heavy atom. The van der Waals surface area contributed by atoms with Gasteiger partial charge in [0.05, 0.1) is 18.9 Å². The molecule has 1 rings (SSSR count). The SMILES string of the molecule is C[NH+]([O-])c1ccc(NN)cn1. The number of pyridine rings is 1. The van der Waals surface area contributed by atoms with Gasteiger partial charge in [-0.15, -0.1) is 0 Å². The average molecular weight is 154 g/mol. The first-order chi connectivity index (χ1) is 5.24. The minimum atomic E-state index is -0.0476. The van der Waals surface area contributed by atoms with Gasteiger partial charge in [-0.25, -0.2) is 4.98 Å². The van der Waals surface area contributed by atoms with E-state index in [0.29, 0.717) is 11.5 Å². The predicted molar refractivity (Wildman–Crippen MR) is 42.0 cm³/mol. The minimum absolute atomic E-state index is 0.0476. The molecule has 0 fully saturated rings. The summed E-state index contributed by atoms with van der Waals surface area (Å²) in [6, 6.07) is 3.32. The molecular formula is C6H10N4O. The smallest absolute Gasteiger partial charge is 0.225 e. The zero-order chi connectivity index (χ0) is 8.27. The summed E-state index contributed by atoms with van der Waals surface area (Å²) in [6.07, 6.45) is 1.51. The van der Waals surface area contributed by atoms with Gasteiger partial charge < -0.3 is 15.7 Å². The topological polar surface area (TPSA) is 78.4 Å². The first-order valence-electron chi connectivity index (χ1n) is 3.17. The average Bonchev–Trinajstić information content (AvgIpc) is 2.05. The largest absolute Gasteiger partial charge is 0.628 e. The molecule has 0 aliphatic rings. The summed E-state index contributed by atoms with van der Waals surface area (Å²) >= 11 is 0. The highest BCUT2D eigenvalue weighted by atomic mass is 16.5. The number of nitrogens with two attached hydrogens (primary N) is 1. The van der Waals surface area contributed by atoms with Crippen LogP contribution in [-0.2, 0) is 0 Å². The highest BCUT2D eigenvalue weighted by molar-refractivity contribution is 5.41. The van der Waals surface area contributed by atoms with Crippen molar-refractivity contribution in [2.75, 3.05) is 12.5 Å². The molecule has 0 bridgehead atoms. The Bertz CT molecular complexity index is 221. The van der Waals surface area contributed by atoms with Crippen molar-refractivity contribution in [3.63, 3.8) is 0 Å². The van der Waals surface area contributed by atoms with E-state index in [1.807, 2.05) is 0 Å². The van der Waals surface area contributed by atoms with E-state index in [1.165, 1.54) is 13.2 Å². The summed E-state index contributed by atoms with van der Waals surface area (Å²) in [5, 5.41) is 10.7. The van der Waals surface area contributed by atoms with Crippen LogP contribution in [0.5, 0.6) is 0 Å². The highest BCUT2D eigenvalue weighted by Crippen LogP contribution is 2.03. The molecule has 11 heavy (non-hydrogen) atoms. The monoisotopic (exact) mass is 154 g/mol. The molecule has 0 amide bonds. The van der Waals surface area contributed by atoms with Crippen LogP contribution >= 0.6 is 0 Å². The second-order valence-corrected chi connectivity index (χ2v) is 2.13. The number of hydrazine groups is 1. The van der Waals surface area contributed by atoms with Gasteiger partial charge in [-0.2, -0.15) is 0 Å². The van der Waals surface area contributed by atoms with Gasteiger partial charge in [-0.05, 0) is 6.07 Å². The van der Waals surface area contributed by atoms with Crippen LogP contribution in [0, 0.1) is 5.21 Å². The molecule has 0 saturated heterocycles. The van der Waals surface area contributed by atoms with Crippen molar-refractivity contribution in [1.29, 1.82) is 0 Å². The molecule has 0 radical (unpaired) electrons. The Hall–Kier alpha value is -1.17. The number of aromatic nitrogens is 1. The zero-order valence-electron chi connectivity index (χ0n) is 6.16. The fraction of sp³-hybridized carbons (Fsp3) is 0.167. The Morgan fingerprint density at radius 1 is 1.64 bits per heavy atom. The molecule has 0 saturated carbocycles. The van der Waals surface area contributed by atoms with Gasteiger partial charge >= 0.3 is 0 Å². The van der Waals surface area contributed by atoms with Crippen LogP contribution in [0.4, 0.5) is 11.5 Å². The fourth-order valence-corrected chi connectivity index (χ4v) is 0.688. The molecule has 0 aliphatic carbocycles. The van der Waals surface area contributed by atoms with E-state index in [1.54, 1.807) is 12.1 Å². The third-order valence-corrected chi connectivity index (χ3v) is 1.29. The van der Waals surface area contributed by atoms with E-state index in [-0.39, 0.29) is 5.06 Å². The molecule has 0 spiro atoms. The van der Waals surface area contributed by atoms with Crippen molar-refractivity contribution in [2.24, 2.45) is 5.84 Å². The van der Waals surface area contributed by atoms with Gasteiger partial charge in [0.15, 0.2) is 0 Å². The summed E-state index contributed by atoms with van der Waals surface area (Å²) in [4.78, 5) is 3.86. The molecule has 0 aliphatic heterocycles. The van der Waals surface area contributed by atoms with E-state index in [9.17, 15) is 5.21 Å². The molecular weight excluding hydrogens is 144 g/mol. The van der Waals surface area contributed by atoms with Crippen LogP contribution in [-0.4, -0.2) is 12.0 Å². The Morgan fingerprint density at radius 2 is 2.36 bits per heavy atom. The van der Waals surface area contributed by atoms with Crippen molar-refractivity contribution in [3.8, 4) is 0 Å². The lowest BCUT2D eigenvalue weighted by Crippen LogP contribution is -2.98. The zero-order valence-corrected chi connectivity index (χ0v) is 6.16. The summed E-state index contributed by atoms with van der Waals surface area (Å²) in [7, 11) is 1.47. The molecule has 1 aromatic rings. The molecule has 1 atom stereocenters. The first kappa shape index (κ1) is 7.93. The maximum absolute atomic E-state index is 10.7. The normalized spacial score (nSPS) is 12.6. The number of nitrogen functional groups attached to an aromatic ring is 1. The number of hydroxylamine groups is 1. The van der Waals surface area contributed by atoms with Gasteiger partial charge in [-0.3, -0.25) is 5.84 Å². The molecule has 1 unspecified atom stereocenters. The van der Waals surface area contributed by atoms with Crippen molar-refractivity contribution in [2.45, 2.75) is 0 Å². The standard InChI is InChI=1S/C6H10N4O/c1-10(11)6-3-2-5(9-7)4-8-6/h2-4,9-10H,7H2,1H3. The number of hydrogen-bond acceptors (Lipinski definition) is 4. The number of quaternary nitrogens is 1. The summed E-state index contributed by atoms with van der Waals surface area (Å²) in [5.74, 6) is 5.55. The quantitative estimate of drug-likeness (QED) is 0.377.